The minimum absolute atomic E-state index is 0.194. The normalized spacial score (nSPS) is 36.9. The van der Waals surface area contributed by atoms with E-state index in [4.69, 9.17) is 4.74 Å². The molecular weight excluding hydrogens is 280 g/mol. The van der Waals surface area contributed by atoms with E-state index in [1.807, 2.05) is 25.7 Å². The first-order valence-corrected chi connectivity index (χ1v) is 8.56. The fraction of sp³-hybridized carbons (Fsp3) is 0.882. The molecule has 3 aliphatic rings. The maximum Gasteiger partial charge on any atom is 0.410 e. The summed E-state index contributed by atoms with van der Waals surface area (Å²) < 4.78 is 5.54. The number of hydrogen-bond acceptors (Lipinski definition) is 3. The zero-order valence-corrected chi connectivity index (χ0v) is 14.1. The monoisotopic (exact) mass is 308 g/mol. The molecule has 1 aliphatic carbocycles. The van der Waals surface area contributed by atoms with Gasteiger partial charge in [0.2, 0.25) is 5.91 Å². The van der Waals surface area contributed by atoms with Gasteiger partial charge < -0.3 is 15.0 Å². The third-order valence-corrected chi connectivity index (χ3v) is 5.13. The first-order valence-electron chi connectivity index (χ1n) is 8.56. The number of nitrogens with zero attached hydrogens (tertiary/aromatic N) is 1. The molecule has 1 saturated carbocycles. The second kappa shape index (κ2) is 5.43. The van der Waals surface area contributed by atoms with Crippen LogP contribution in [-0.2, 0) is 9.53 Å². The van der Waals surface area contributed by atoms with Crippen LogP contribution in [0.5, 0.6) is 0 Å². The zero-order valence-electron chi connectivity index (χ0n) is 14.1. The number of carbonyl (C=O) groups excluding carboxylic acids is 2. The third-order valence-electron chi connectivity index (χ3n) is 5.13. The summed E-state index contributed by atoms with van der Waals surface area (Å²) in [6, 6.07) is 0.655. The molecule has 1 unspecified atom stereocenters. The van der Waals surface area contributed by atoms with E-state index in [0.29, 0.717) is 5.92 Å². The summed E-state index contributed by atoms with van der Waals surface area (Å²) in [7, 11) is 0. The van der Waals surface area contributed by atoms with E-state index in [1.54, 1.807) is 0 Å². The molecular formula is C17H28N2O3. The van der Waals surface area contributed by atoms with Gasteiger partial charge in [-0.25, -0.2) is 4.79 Å². The molecule has 2 heterocycles. The number of ether oxygens (including phenoxy) is 1. The number of piperidine rings is 1. The Morgan fingerprint density at radius 1 is 1.09 bits per heavy atom. The molecule has 22 heavy (non-hydrogen) atoms. The number of carbonyl (C=O) groups is 2. The van der Waals surface area contributed by atoms with E-state index < -0.39 is 5.60 Å². The molecule has 0 aromatic rings. The Morgan fingerprint density at radius 3 is 2.09 bits per heavy atom. The largest absolute Gasteiger partial charge is 0.444 e. The van der Waals surface area contributed by atoms with Crippen molar-refractivity contribution in [1.29, 1.82) is 0 Å². The van der Waals surface area contributed by atoms with Crippen LogP contribution in [0.15, 0.2) is 0 Å². The van der Waals surface area contributed by atoms with Crippen molar-refractivity contribution < 1.29 is 14.3 Å². The Labute approximate surface area is 132 Å². The molecule has 2 amide bonds. The molecule has 3 fully saturated rings. The Balaban J connectivity index is 1.57. The van der Waals surface area contributed by atoms with E-state index in [1.165, 1.54) is 0 Å². The lowest BCUT2D eigenvalue weighted by Gasteiger charge is -2.39. The van der Waals surface area contributed by atoms with Gasteiger partial charge in [0, 0.05) is 24.0 Å². The van der Waals surface area contributed by atoms with Gasteiger partial charge in [-0.1, -0.05) is 6.92 Å². The summed E-state index contributed by atoms with van der Waals surface area (Å²) in [6.45, 7) is 7.82. The maximum absolute atomic E-state index is 12.4. The molecule has 1 N–H and O–H groups in total. The van der Waals surface area contributed by atoms with Gasteiger partial charge in [0.1, 0.15) is 5.60 Å². The predicted molar refractivity (Wildman–Crippen MR) is 83.3 cm³/mol. The predicted octanol–water partition coefficient (Wildman–Crippen LogP) is 2.69. The Hall–Kier alpha value is -1.26. The highest BCUT2D eigenvalue weighted by Crippen LogP contribution is 2.40. The summed E-state index contributed by atoms with van der Waals surface area (Å²) in [5.41, 5.74) is -0.455. The molecule has 0 radical (unpaired) electrons. The SMILES string of the molecule is C[C@H]1C[C@H]1C(=O)NC1C[C@H]2CC[C@@H](C1)N2C(=O)OC(C)(C)C. The van der Waals surface area contributed by atoms with Crippen molar-refractivity contribution in [2.24, 2.45) is 11.8 Å². The average Bonchev–Trinajstić information content (AvgIpc) is 3.04. The second-order valence-corrected chi connectivity index (χ2v) is 8.27. The van der Waals surface area contributed by atoms with E-state index in [2.05, 4.69) is 12.2 Å². The molecule has 5 nitrogen and oxygen atoms in total. The van der Waals surface area contributed by atoms with Gasteiger partial charge in [0.25, 0.3) is 0 Å². The van der Waals surface area contributed by atoms with Gasteiger partial charge >= 0.3 is 6.09 Å². The Bertz CT molecular complexity index is 457. The molecule has 5 heteroatoms. The van der Waals surface area contributed by atoms with Gasteiger partial charge in [-0.15, -0.1) is 0 Å². The van der Waals surface area contributed by atoms with Crippen LogP contribution in [-0.4, -0.2) is 40.6 Å². The van der Waals surface area contributed by atoms with Crippen molar-refractivity contribution in [3.05, 3.63) is 0 Å². The highest BCUT2D eigenvalue weighted by molar-refractivity contribution is 5.81. The van der Waals surface area contributed by atoms with Crippen LogP contribution in [0.2, 0.25) is 0 Å². The molecule has 2 bridgehead atoms. The summed E-state index contributed by atoms with van der Waals surface area (Å²) in [4.78, 5) is 26.4. The van der Waals surface area contributed by atoms with Crippen molar-refractivity contribution in [1.82, 2.24) is 10.2 Å². The van der Waals surface area contributed by atoms with E-state index in [0.717, 1.165) is 32.1 Å². The van der Waals surface area contributed by atoms with Gasteiger partial charge in [-0.3, -0.25) is 4.79 Å². The van der Waals surface area contributed by atoms with Gasteiger partial charge in [-0.2, -0.15) is 0 Å². The van der Waals surface area contributed by atoms with Crippen LogP contribution >= 0.6 is 0 Å². The number of rotatable bonds is 2. The van der Waals surface area contributed by atoms with Crippen LogP contribution in [0, 0.1) is 11.8 Å². The van der Waals surface area contributed by atoms with Crippen LogP contribution in [0.1, 0.15) is 59.8 Å². The highest BCUT2D eigenvalue weighted by atomic mass is 16.6. The molecule has 2 aliphatic heterocycles. The molecule has 0 aromatic heterocycles. The van der Waals surface area contributed by atoms with Crippen molar-refractivity contribution in [2.45, 2.75) is 83.5 Å². The number of amides is 2. The van der Waals surface area contributed by atoms with Crippen molar-refractivity contribution in [2.75, 3.05) is 0 Å². The number of hydrogen-bond donors (Lipinski definition) is 1. The first-order chi connectivity index (χ1) is 10.2. The fourth-order valence-corrected chi connectivity index (χ4v) is 3.90. The molecule has 0 spiro atoms. The summed E-state index contributed by atoms with van der Waals surface area (Å²) in [5, 5.41) is 3.20. The highest BCUT2D eigenvalue weighted by Gasteiger charge is 2.46. The number of nitrogens with one attached hydrogen (secondary N) is 1. The lowest BCUT2D eigenvalue weighted by molar-refractivity contribution is -0.123. The van der Waals surface area contributed by atoms with Crippen LogP contribution in [0.3, 0.4) is 0 Å². The van der Waals surface area contributed by atoms with E-state index >= 15 is 0 Å². The maximum atomic E-state index is 12.4. The summed E-state index contributed by atoms with van der Waals surface area (Å²) in [5.74, 6) is 0.975. The van der Waals surface area contributed by atoms with Crippen LogP contribution < -0.4 is 5.32 Å². The Kier molecular flexibility index (Phi) is 3.86. The minimum Gasteiger partial charge on any atom is -0.444 e. The lowest BCUT2D eigenvalue weighted by atomic mass is 9.97. The smallest absolute Gasteiger partial charge is 0.410 e. The third kappa shape index (κ3) is 3.23. The van der Waals surface area contributed by atoms with E-state index in [9.17, 15) is 9.59 Å². The minimum atomic E-state index is -0.455. The zero-order chi connectivity index (χ0) is 16.1. The standard InChI is InChI=1S/C17H28N2O3/c1-10-7-14(10)15(20)18-11-8-12-5-6-13(9-11)19(12)16(21)22-17(2,3)4/h10-14H,5-9H2,1-4H3,(H,18,20)/t10-,11?,12-,13+,14+/m0/s1. The quantitative estimate of drug-likeness (QED) is 0.853. The second-order valence-electron chi connectivity index (χ2n) is 8.27. The molecule has 5 atom stereocenters. The van der Waals surface area contributed by atoms with Gasteiger partial charge in [-0.05, 0) is 58.8 Å². The molecule has 3 rings (SSSR count). The van der Waals surface area contributed by atoms with Gasteiger partial charge in [0.15, 0.2) is 0 Å². The first kappa shape index (κ1) is 15.6. The van der Waals surface area contributed by atoms with Crippen molar-refractivity contribution in [3.63, 3.8) is 0 Å². The van der Waals surface area contributed by atoms with Gasteiger partial charge in [0.05, 0.1) is 0 Å². The fourth-order valence-electron chi connectivity index (χ4n) is 3.90. The summed E-state index contributed by atoms with van der Waals surface area (Å²) in [6.07, 6.45) is 4.60. The van der Waals surface area contributed by atoms with E-state index in [-0.39, 0.29) is 36.0 Å². The lowest BCUT2D eigenvalue weighted by Crippen LogP contribution is -2.53. The van der Waals surface area contributed by atoms with Crippen molar-refractivity contribution >= 4 is 12.0 Å². The topological polar surface area (TPSA) is 58.6 Å². The van der Waals surface area contributed by atoms with Crippen LogP contribution in [0.25, 0.3) is 0 Å². The summed E-state index contributed by atoms with van der Waals surface area (Å²) >= 11 is 0. The number of fused-ring (bicyclic) bond motifs is 2. The van der Waals surface area contributed by atoms with Crippen molar-refractivity contribution in [3.8, 4) is 0 Å². The Morgan fingerprint density at radius 2 is 1.64 bits per heavy atom. The molecule has 124 valence electrons. The van der Waals surface area contributed by atoms with Crippen LogP contribution in [0.4, 0.5) is 4.79 Å². The average molecular weight is 308 g/mol. The molecule has 0 aromatic carbocycles. The molecule has 2 saturated heterocycles.